The summed E-state index contributed by atoms with van der Waals surface area (Å²) in [6.07, 6.45) is 0.947. The van der Waals surface area contributed by atoms with Gasteiger partial charge >= 0.3 is 0 Å². The van der Waals surface area contributed by atoms with Crippen LogP contribution in [0.2, 0.25) is 5.15 Å². The fraction of sp³-hybridized carbons (Fsp3) is 0.0769. The number of aromatic nitrogens is 1. The molecule has 0 fully saturated rings. The first-order chi connectivity index (χ1) is 9.11. The average molecular weight is 281 g/mol. The van der Waals surface area contributed by atoms with Gasteiger partial charge in [0.05, 0.1) is 24.6 Å². The van der Waals surface area contributed by atoms with E-state index in [0.717, 1.165) is 12.3 Å². The third kappa shape index (κ3) is 3.00. The number of hydrogen-bond acceptors (Lipinski definition) is 3. The summed E-state index contributed by atoms with van der Waals surface area (Å²) >= 11 is 5.76. The van der Waals surface area contributed by atoms with Crippen molar-refractivity contribution < 1.29 is 13.9 Å². The number of ether oxygens (including phenoxy) is 1. The third-order valence-corrected chi connectivity index (χ3v) is 2.71. The highest BCUT2D eigenvalue weighted by atomic mass is 35.5. The predicted octanol–water partition coefficient (Wildman–Crippen LogP) is 3.14. The van der Waals surface area contributed by atoms with E-state index in [9.17, 15) is 9.18 Å². The number of para-hydroxylation sites is 2. The lowest BCUT2D eigenvalue weighted by atomic mass is 10.2. The molecule has 1 aromatic heterocycles. The molecule has 0 aliphatic carbocycles. The Morgan fingerprint density at radius 3 is 2.89 bits per heavy atom. The first-order valence-electron chi connectivity index (χ1n) is 5.37. The molecule has 0 aliphatic rings. The van der Waals surface area contributed by atoms with Crippen molar-refractivity contribution in [2.24, 2.45) is 0 Å². The van der Waals surface area contributed by atoms with Crippen molar-refractivity contribution in [3.63, 3.8) is 0 Å². The molecule has 0 saturated heterocycles. The van der Waals surface area contributed by atoms with Gasteiger partial charge in [-0.3, -0.25) is 4.79 Å². The van der Waals surface area contributed by atoms with Crippen LogP contribution in [-0.2, 0) is 0 Å². The molecule has 0 aliphatic heterocycles. The van der Waals surface area contributed by atoms with E-state index in [1.807, 2.05) is 0 Å². The molecule has 1 heterocycles. The fourth-order valence-corrected chi connectivity index (χ4v) is 1.71. The van der Waals surface area contributed by atoms with E-state index in [2.05, 4.69) is 10.3 Å². The van der Waals surface area contributed by atoms with Gasteiger partial charge in [0.15, 0.2) is 0 Å². The number of benzene rings is 1. The Kier molecular flexibility index (Phi) is 3.97. The third-order valence-electron chi connectivity index (χ3n) is 2.41. The lowest BCUT2D eigenvalue weighted by Gasteiger charge is -2.10. The number of carbonyl (C=O) groups is 1. The van der Waals surface area contributed by atoms with Crippen LogP contribution in [0.25, 0.3) is 0 Å². The largest absolute Gasteiger partial charge is 0.495 e. The summed E-state index contributed by atoms with van der Waals surface area (Å²) in [5.41, 5.74) is 0.433. The number of hydrogen-bond donors (Lipinski definition) is 1. The Hall–Kier alpha value is -2.14. The van der Waals surface area contributed by atoms with E-state index in [1.54, 1.807) is 24.3 Å². The summed E-state index contributed by atoms with van der Waals surface area (Å²) < 4.78 is 18.2. The van der Waals surface area contributed by atoms with E-state index >= 15 is 0 Å². The SMILES string of the molecule is COc1ccccc1NC(=O)c1cc(F)cnc1Cl. The smallest absolute Gasteiger partial charge is 0.259 e. The van der Waals surface area contributed by atoms with E-state index in [-0.39, 0.29) is 10.7 Å². The number of carbonyl (C=O) groups excluding carboxylic acids is 1. The van der Waals surface area contributed by atoms with Crippen molar-refractivity contribution in [1.29, 1.82) is 0 Å². The van der Waals surface area contributed by atoms with Gasteiger partial charge in [-0.2, -0.15) is 0 Å². The number of methoxy groups -OCH3 is 1. The summed E-state index contributed by atoms with van der Waals surface area (Å²) in [4.78, 5) is 15.6. The molecule has 0 saturated carbocycles. The van der Waals surface area contributed by atoms with Crippen LogP contribution in [0.15, 0.2) is 36.5 Å². The number of pyridine rings is 1. The molecule has 2 aromatic rings. The van der Waals surface area contributed by atoms with Crippen molar-refractivity contribution in [2.75, 3.05) is 12.4 Å². The summed E-state index contributed by atoms with van der Waals surface area (Å²) in [6.45, 7) is 0. The van der Waals surface area contributed by atoms with Crippen molar-refractivity contribution in [3.8, 4) is 5.75 Å². The first kappa shape index (κ1) is 13.3. The number of rotatable bonds is 3. The van der Waals surface area contributed by atoms with Crippen LogP contribution in [0, 0.1) is 5.82 Å². The molecule has 98 valence electrons. The molecule has 1 amide bonds. The van der Waals surface area contributed by atoms with E-state index in [1.165, 1.54) is 7.11 Å². The normalized spacial score (nSPS) is 10.1. The van der Waals surface area contributed by atoms with Gasteiger partial charge < -0.3 is 10.1 Å². The lowest BCUT2D eigenvalue weighted by Crippen LogP contribution is -2.14. The number of halogens is 2. The van der Waals surface area contributed by atoms with Crippen molar-refractivity contribution >= 4 is 23.2 Å². The van der Waals surface area contributed by atoms with Gasteiger partial charge in [0.1, 0.15) is 16.7 Å². The minimum Gasteiger partial charge on any atom is -0.495 e. The second kappa shape index (κ2) is 5.67. The standard InChI is InChI=1S/C13H10ClFN2O2/c1-19-11-5-3-2-4-10(11)17-13(18)9-6-8(15)7-16-12(9)14/h2-7H,1H3,(H,17,18). The van der Waals surface area contributed by atoms with Gasteiger partial charge in [-0.15, -0.1) is 0 Å². The van der Waals surface area contributed by atoms with Crippen molar-refractivity contribution in [3.05, 3.63) is 53.1 Å². The number of nitrogens with zero attached hydrogens (tertiary/aromatic N) is 1. The van der Waals surface area contributed by atoms with E-state index in [0.29, 0.717) is 11.4 Å². The quantitative estimate of drug-likeness (QED) is 0.879. The molecular weight excluding hydrogens is 271 g/mol. The molecule has 0 spiro atoms. The topological polar surface area (TPSA) is 51.2 Å². The van der Waals surface area contributed by atoms with Gasteiger partial charge in [0.2, 0.25) is 0 Å². The van der Waals surface area contributed by atoms with Crippen LogP contribution in [0.1, 0.15) is 10.4 Å². The monoisotopic (exact) mass is 280 g/mol. The zero-order chi connectivity index (χ0) is 13.8. The Bertz CT molecular complexity index is 619. The highest BCUT2D eigenvalue weighted by Gasteiger charge is 2.14. The van der Waals surface area contributed by atoms with Gasteiger partial charge in [-0.25, -0.2) is 9.37 Å². The van der Waals surface area contributed by atoms with Crippen LogP contribution in [0.4, 0.5) is 10.1 Å². The summed E-state index contributed by atoms with van der Waals surface area (Å²) in [7, 11) is 1.49. The molecule has 19 heavy (non-hydrogen) atoms. The zero-order valence-corrected chi connectivity index (χ0v) is 10.7. The second-order valence-corrected chi connectivity index (χ2v) is 4.00. The summed E-state index contributed by atoms with van der Waals surface area (Å²) in [5.74, 6) is -0.688. The fourth-order valence-electron chi connectivity index (χ4n) is 1.52. The molecule has 4 nitrogen and oxygen atoms in total. The molecule has 6 heteroatoms. The Balaban J connectivity index is 2.28. The minimum absolute atomic E-state index is 0.0347. The van der Waals surface area contributed by atoms with Gasteiger partial charge in [-0.05, 0) is 18.2 Å². The van der Waals surface area contributed by atoms with Gasteiger partial charge in [0.25, 0.3) is 5.91 Å². The van der Waals surface area contributed by atoms with Gasteiger partial charge in [-0.1, -0.05) is 23.7 Å². The summed E-state index contributed by atoms with van der Waals surface area (Å²) in [6, 6.07) is 7.90. The molecule has 0 radical (unpaired) electrons. The molecule has 0 bridgehead atoms. The van der Waals surface area contributed by atoms with Crippen LogP contribution in [0.5, 0.6) is 5.75 Å². The zero-order valence-electron chi connectivity index (χ0n) is 9.98. The maximum absolute atomic E-state index is 13.1. The lowest BCUT2D eigenvalue weighted by molar-refractivity contribution is 0.102. The Morgan fingerprint density at radius 2 is 2.16 bits per heavy atom. The van der Waals surface area contributed by atoms with Gasteiger partial charge in [0, 0.05) is 0 Å². The Morgan fingerprint density at radius 1 is 1.42 bits per heavy atom. The molecule has 0 unspecified atom stereocenters. The summed E-state index contributed by atoms with van der Waals surface area (Å²) in [5, 5.41) is 2.53. The number of anilines is 1. The molecule has 1 N–H and O–H groups in total. The van der Waals surface area contributed by atoms with Crippen LogP contribution >= 0.6 is 11.6 Å². The Labute approximate surface area is 114 Å². The minimum atomic E-state index is -0.630. The molecular formula is C13H10ClFN2O2. The number of amides is 1. The average Bonchev–Trinajstić information content (AvgIpc) is 2.42. The van der Waals surface area contributed by atoms with Crippen LogP contribution in [0.3, 0.4) is 0 Å². The second-order valence-electron chi connectivity index (χ2n) is 3.65. The van der Waals surface area contributed by atoms with E-state index < -0.39 is 11.7 Å². The molecule has 0 atom stereocenters. The van der Waals surface area contributed by atoms with Crippen molar-refractivity contribution in [1.82, 2.24) is 4.98 Å². The highest BCUT2D eigenvalue weighted by molar-refractivity contribution is 6.33. The maximum Gasteiger partial charge on any atom is 0.259 e. The predicted molar refractivity (Wildman–Crippen MR) is 70.2 cm³/mol. The first-order valence-corrected chi connectivity index (χ1v) is 5.75. The number of nitrogens with one attached hydrogen (secondary N) is 1. The maximum atomic E-state index is 13.1. The van der Waals surface area contributed by atoms with E-state index in [4.69, 9.17) is 16.3 Å². The van der Waals surface area contributed by atoms with Crippen LogP contribution in [-0.4, -0.2) is 18.0 Å². The highest BCUT2D eigenvalue weighted by Crippen LogP contribution is 2.24. The van der Waals surface area contributed by atoms with Crippen LogP contribution < -0.4 is 10.1 Å². The molecule has 2 rings (SSSR count). The molecule has 1 aromatic carbocycles. The van der Waals surface area contributed by atoms with Crippen molar-refractivity contribution in [2.45, 2.75) is 0 Å².